The molecule has 2 aliphatic carbocycles. The van der Waals surface area contributed by atoms with E-state index in [2.05, 4.69) is 4.72 Å². The van der Waals surface area contributed by atoms with Crippen LogP contribution in [-0.2, 0) is 14.9 Å². The normalized spacial score (nSPS) is 42.3. The van der Waals surface area contributed by atoms with Crippen molar-refractivity contribution in [2.75, 3.05) is 13.1 Å². The van der Waals surface area contributed by atoms with Crippen molar-refractivity contribution in [1.82, 2.24) is 9.03 Å². The molecule has 2 bridgehead atoms. The van der Waals surface area contributed by atoms with Gasteiger partial charge in [0.2, 0.25) is 0 Å². The van der Waals surface area contributed by atoms with Gasteiger partial charge in [-0.05, 0) is 57.8 Å². The van der Waals surface area contributed by atoms with Crippen LogP contribution in [0.25, 0.3) is 0 Å². The molecule has 0 aromatic carbocycles. The molecule has 0 radical (unpaired) electrons. The van der Waals surface area contributed by atoms with E-state index in [1.54, 1.807) is 4.31 Å². The average Bonchev–Trinajstić information content (AvgIpc) is 2.99. The van der Waals surface area contributed by atoms with E-state index in [1.807, 2.05) is 20.8 Å². The van der Waals surface area contributed by atoms with Crippen LogP contribution in [0.4, 0.5) is 0 Å². The van der Waals surface area contributed by atoms with Gasteiger partial charge in [-0.1, -0.05) is 6.42 Å². The first-order valence-electron chi connectivity index (χ1n) is 8.28. The lowest BCUT2D eigenvalue weighted by Crippen LogP contribution is -2.54. The SMILES string of the molecule is CC1CN(S(=O)(=O)NC(C)C2CC3CCC2C3)CC(C)O1. The number of hydrogen-bond donors (Lipinski definition) is 1. The van der Waals surface area contributed by atoms with Crippen molar-refractivity contribution >= 4 is 10.2 Å². The number of nitrogens with one attached hydrogen (secondary N) is 1. The van der Waals surface area contributed by atoms with E-state index >= 15 is 0 Å². The standard InChI is InChI=1S/C15H28N2O3S/c1-10-8-17(9-11(2)20-10)21(18,19)16-12(3)15-7-13-4-5-14(15)6-13/h10-16H,4-9H2,1-3H3. The van der Waals surface area contributed by atoms with Gasteiger partial charge in [-0.2, -0.15) is 17.4 Å². The molecule has 0 aromatic heterocycles. The van der Waals surface area contributed by atoms with E-state index in [0.29, 0.717) is 19.0 Å². The minimum Gasteiger partial charge on any atom is -0.373 e. The smallest absolute Gasteiger partial charge is 0.279 e. The summed E-state index contributed by atoms with van der Waals surface area (Å²) in [6.07, 6.45) is 5.06. The van der Waals surface area contributed by atoms with Gasteiger partial charge < -0.3 is 4.74 Å². The number of nitrogens with zero attached hydrogens (tertiary/aromatic N) is 1. The van der Waals surface area contributed by atoms with Crippen LogP contribution < -0.4 is 4.72 Å². The lowest BCUT2D eigenvalue weighted by Gasteiger charge is -2.36. The average molecular weight is 316 g/mol. The third kappa shape index (κ3) is 3.28. The number of ether oxygens (including phenoxy) is 1. The van der Waals surface area contributed by atoms with E-state index in [4.69, 9.17) is 4.74 Å². The number of hydrogen-bond acceptors (Lipinski definition) is 3. The van der Waals surface area contributed by atoms with E-state index in [1.165, 1.54) is 25.7 Å². The van der Waals surface area contributed by atoms with Crippen LogP contribution in [0.1, 0.15) is 46.5 Å². The Bertz CT molecular complexity index is 471. The van der Waals surface area contributed by atoms with E-state index < -0.39 is 10.2 Å². The van der Waals surface area contributed by atoms with Crippen LogP contribution >= 0.6 is 0 Å². The summed E-state index contributed by atoms with van der Waals surface area (Å²) in [5, 5.41) is 0. The molecule has 6 atom stereocenters. The van der Waals surface area contributed by atoms with Crippen LogP contribution in [0.2, 0.25) is 0 Å². The molecule has 3 fully saturated rings. The van der Waals surface area contributed by atoms with Crippen molar-refractivity contribution in [1.29, 1.82) is 0 Å². The van der Waals surface area contributed by atoms with Gasteiger partial charge >= 0.3 is 0 Å². The second-order valence-electron chi connectivity index (χ2n) is 7.32. The van der Waals surface area contributed by atoms with Crippen molar-refractivity contribution in [2.24, 2.45) is 17.8 Å². The Morgan fingerprint density at radius 1 is 1.14 bits per heavy atom. The molecule has 1 saturated heterocycles. The first-order valence-corrected chi connectivity index (χ1v) is 9.72. The summed E-state index contributed by atoms with van der Waals surface area (Å²) in [4.78, 5) is 0. The molecule has 0 amide bonds. The fourth-order valence-electron chi connectivity index (χ4n) is 4.63. The summed E-state index contributed by atoms with van der Waals surface area (Å²) in [7, 11) is -3.40. The molecule has 1 heterocycles. The summed E-state index contributed by atoms with van der Waals surface area (Å²) in [6, 6.07) is 0.0405. The number of morpholine rings is 1. The zero-order valence-corrected chi connectivity index (χ0v) is 14.1. The predicted molar refractivity (Wildman–Crippen MR) is 82.0 cm³/mol. The van der Waals surface area contributed by atoms with Crippen molar-refractivity contribution in [3.8, 4) is 0 Å². The Morgan fingerprint density at radius 3 is 2.33 bits per heavy atom. The Balaban J connectivity index is 1.62. The highest BCUT2D eigenvalue weighted by Crippen LogP contribution is 2.49. The first-order chi connectivity index (χ1) is 9.85. The van der Waals surface area contributed by atoms with Crippen molar-refractivity contribution in [3.63, 3.8) is 0 Å². The molecule has 122 valence electrons. The molecule has 3 rings (SSSR count). The van der Waals surface area contributed by atoms with Crippen molar-refractivity contribution in [3.05, 3.63) is 0 Å². The quantitative estimate of drug-likeness (QED) is 0.860. The van der Waals surface area contributed by atoms with Crippen molar-refractivity contribution < 1.29 is 13.2 Å². The van der Waals surface area contributed by atoms with Crippen LogP contribution in [0.3, 0.4) is 0 Å². The van der Waals surface area contributed by atoms with Gasteiger partial charge in [0.1, 0.15) is 0 Å². The molecule has 2 saturated carbocycles. The third-order valence-corrected chi connectivity index (χ3v) is 7.14. The monoisotopic (exact) mass is 316 g/mol. The van der Waals surface area contributed by atoms with E-state index in [-0.39, 0.29) is 18.2 Å². The highest BCUT2D eigenvalue weighted by Gasteiger charge is 2.43. The van der Waals surface area contributed by atoms with Gasteiger partial charge in [-0.3, -0.25) is 0 Å². The van der Waals surface area contributed by atoms with E-state index in [0.717, 1.165) is 11.8 Å². The summed E-state index contributed by atoms with van der Waals surface area (Å²) < 4.78 is 35.3. The topological polar surface area (TPSA) is 58.6 Å². The molecule has 1 N–H and O–H groups in total. The van der Waals surface area contributed by atoms with Crippen LogP contribution in [0.15, 0.2) is 0 Å². The molecule has 5 nitrogen and oxygen atoms in total. The predicted octanol–water partition coefficient (Wildman–Crippen LogP) is 1.75. The minimum absolute atomic E-state index is 0.0388. The molecule has 21 heavy (non-hydrogen) atoms. The van der Waals surface area contributed by atoms with Crippen LogP contribution in [0.5, 0.6) is 0 Å². The summed E-state index contributed by atoms with van der Waals surface area (Å²) in [5.74, 6) is 2.10. The summed E-state index contributed by atoms with van der Waals surface area (Å²) in [6.45, 7) is 6.79. The lowest BCUT2D eigenvalue weighted by molar-refractivity contribution is -0.0445. The Labute approximate surface area is 128 Å². The maximum atomic E-state index is 12.6. The molecular formula is C15H28N2O3S. The van der Waals surface area contributed by atoms with Gasteiger partial charge in [-0.25, -0.2) is 0 Å². The fourth-order valence-corrected chi connectivity index (χ4v) is 6.24. The number of rotatable bonds is 4. The fraction of sp³-hybridized carbons (Fsp3) is 1.00. The van der Waals surface area contributed by atoms with Gasteiger partial charge in [0, 0.05) is 19.1 Å². The second kappa shape index (κ2) is 5.80. The van der Waals surface area contributed by atoms with Crippen LogP contribution in [-0.4, -0.2) is 44.1 Å². The molecule has 0 spiro atoms. The van der Waals surface area contributed by atoms with E-state index in [9.17, 15) is 8.42 Å². The first kappa shape index (κ1) is 15.7. The Kier molecular flexibility index (Phi) is 4.34. The van der Waals surface area contributed by atoms with Gasteiger partial charge in [0.05, 0.1) is 12.2 Å². The summed E-state index contributed by atoms with van der Waals surface area (Å²) in [5.41, 5.74) is 0. The third-order valence-electron chi connectivity index (χ3n) is 5.50. The molecule has 3 aliphatic rings. The maximum Gasteiger partial charge on any atom is 0.279 e. The molecule has 6 unspecified atom stereocenters. The number of fused-ring (bicyclic) bond motifs is 2. The van der Waals surface area contributed by atoms with Gasteiger partial charge in [-0.15, -0.1) is 0 Å². The highest BCUT2D eigenvalue weighted by atomic mass is 32.2. The Morgan fingerprint density at radius 2 is 1.81 bits per heavy atom. The van der Waals surface area contributed by atoms with Crippen LogP contribution in [0, 0.1) is 17.8 Å². The van der Waals surface area contributed by atoms with Crippen molar-refractivity contribution in [2.45, 2.75) is 64.7 Å². The minimum atomic E-state index is -3.40. The molecular weight excluding hydrogens is 288 g/mol. The molecule has 6 heteroatoms. The maximum absolute atomic E-state index is 12.6. The second-order valence-corrected chi connectivity index (χ2v) is 9.03. The molecule has 1 aliphatic heterocycles. The Hall–Kier alpha value is -0.170. The lowest BCUT2D eigenvalue weighted by atomic mass is 9.84. The highest BCUT2D eigenvalue weighted by molar-refractivity contribution is 7.87. The summed E-state index contributed by atoms with van der Waals surface area (Å²) >= 11 is 0. The zero-order valence-electron chi connectivity index (χ0n) is 13.3. The van der Waals surface area contributed by atoms with Gasteiger partial charge in [0.25, 0.3) is 10.2 Å². The van der Waals surface area contributed by atoms with Gasteiger partial charge in [0.15, 0.2) is 0 Å². The largest absolute Gasteiger partial charge is 0.373 e. The zero-order chi connectivity index (χ0) is 15.2. The molecule has 0 aromatic rings.